The summed E-state index contributed by atoms with van der Waals surface area (Å²) in [6.07, 6.45) is 7.85. The van der Waals surface area contributed by atoms with E-state index in [4.69, 9.17) is 12.2 Å². The third-order valence-corrected chi connectivity index (χ3v) is 4.76. The quantitative estimate of drug-likeness (QED) is 0.787. The Bertz CT molecular complexity index is 608. The molecule has 1 saturated carbocycles. The Hall–Kier alpha value is -1.95. The molecular formula is C19H27N3O2S. The minimum atomic E-state index is -0.0508. The maximum atomic E-state index is 12.0. The summed E-state index contributed by atoms with van der Waals surface area (Å²) in [6.45, 7) is 0. The minimum Gasteiger partial charge on any atom is -0.345 e. The van der Waals surface area contributed by atoms with E-state index in [1.165, 1.54) is 37.0 Å². The maximum Gasteiger partial charge on any atom is 0.253 e. The molecule has 25 heavy (non-hydrogen) atoms. The Morgan fingerprint density at radius 3 is 2.36 bits per heavy atom. The van der Waals surface area contributed by atoms with Gasteiger partial charge < -0.3 is 15.5 Å². The van der Waals surface area contributed by atoms with Crippen molar-refractivity contribution >= 4 is 34.8 Å². The summed E-state index contributed by atoms with van der Waals surface area (Å²) in [6, 6.07) is 7.02. The number of anilines is 1. The van der Waals surface area contributed by atoms with E-state index in [1.807, 2.05) is 0 Å². The van der Waals surface area contributed by atoms with E-state index in [9.17, 15) is 9.59 Å². The lowest BCUT2D eigenvalue weighted by Crippen LogP contribution is -2.34. The molecular weight excluding hydrogens is 334 g/mol. The normalized spacial score (nSPS) is 14.6. The predicted octanol–water partition coefficient (Wildman–Crippen LogP) is 3.56. The second kappa shape index (κ2) is 9.51. The molecule has 0 atom stereocenters. The van der Waals surface area contributed by atoms with Crippen molar-refractivity contribution in [3.63, 3.8) is 0 Å². The van der Waals surface area contributed by atoms with Gasteiger partial charge in [-0.1, -0.05) is 32.1 Å². The van der Waals surface area contributed by atoms with Gasteiger partial charge >= 0.3 is 0 Å². The van der Waals surface area contributed by atoms with Gasteiger partial charge in [0, 0.05) is 31.8 Å². The molecule has 0 unspecified atom stereocenters. The monoisotopic (exact) mass is 361 g/mol. The molecule has 0 bridgehead atoms. The number of amides is 2. The van der Waals surface area contributed by atoms with Crippen molar-refractivity contribution in [2.24, 2.45) is 5.92 Å². The molecule has 1 aliphatic rings. The Kier molecular flexibility index (Phi) is 7.37. The molecule has 1 fully saturated rings. The molecule has 0 saturated heterocycles. The van der Waals surface area contributed by atoms with E-state index in [-0.39, 0.29) is 11.8 Å². The third kappa shape index (κ3) is 6.46. The summed E-state index contributed by atoms with van der Waals surface area (Å²) in [5.41, 5.74) is 1.35. The topological polar surface area (TPSA) is 61.4 Å². The first-order valence-corrected chi connectivity index (χ1v) is 9.29. The van der Waals surface area contributed by atoms with Crippen LogP contribution in [0.4, 0.5) is 5.69 Å². The van der Waals surface area contributed by atoms with Crippen LogP contribution in [0.3, 0.4) is 0 Å². The van der Waals surface area contributed by atoms with Gasteiger partial charge in [-0.2, -0.15) is 0 Å². The average molecular weight is 362 g/mol. The van der Waals surface area contributed by atoms with Gasteiger partial charge in [0.25, 0.3) is 5.91 Å². The average Bonchev–Trinajstić information content (AvgIpc) is 2.60. The fourth-order valence-electron chi connectivity index (χ4n) is 3.12. The van der Waals surface area contributed by atoms with Crippen molar-refractivity contribution in [2.75, 3.05) is 19.4 Å². The summed E-state index contributed by atoms with van der Waals surface area (Å²) in [7, 11) is 3.43. The predicted molar refractivity (Wildman–Crippen MR) is 105 cm³/mol. The highest BCUT2D eigenvalue weighted by Gasteiger charge is 2.15. The number of benzene rings is 1. The van der Waals surface area contributed by atoms with Crippen LogP contribution in [-0.4, -0.2) is 35.9 Å². The molecule has 2 rings (SSSR count). The molecule has 1 aromatic rings. The fourth-order valence-corrected chi connectivity index (χ4v) is 3.35. The fraction of sp³-hybridized carbons (Fsp3) is 0.526. The molecule has 0 aliphatic heterocycles. The molecule has 136 valence electrons. The zero-order valence-corrected chi connectivity index (χ0v) is 15.8. The molecule has 1 aromatic carbocycles. The first-order valence-electron chi connectivity index (χ1n) is 8.88. The van der Waals surface area contributed by atoms with Gasteiger partial charge in [-0.15, -0.1) is 0 Å². The number of hydrogen-bond acceptors (Lipinski definition) is 3. The molecule has 0 aromatic heterocycles. The smallest absolute Gasteiger partial charge is 0.253 e. The van der Waals surface area contributed by atoms with Gasteiger partial charge in [-0.05, 0) is 48.8 Å². The SMILES string of the molecule is CN(C)C(=O)c1ccc(NC(=S)NC(=O)CCC2CCCCC2)cc1. The summed E-state index contributed by atoms with van der Waals surface area (Å²) < 4.78 is 0. The van der Waals surface area contributed by atoms with E-state index < -0.39 is 0 Å². The van der Waals surface area contributed by atoms with Crippen LogP contribution in [0.25, 0.3) is 0 Å². The summed E-state index contributed by atoms with van der Waals surface area (Å²) in [4.78, 5) is 25.4. The number of nitrogens with one attached hydrogen (secondary N) is 2. The van der Waals surface area contributed by atoms with Crippen molar-refractivity contribution in [3.05, 3.63) is 29.8 Å². The van der Waals surface area contributed by atoms with Crippen LogP contribution in [0, 0.1) is 5.92 Å². The van der Waals surface area contributed by atoms with E-state index in [1.54, 1.807) is 38.4 Å². The van der Waals surface area contributed by atoms with Gasteiger partial charge in [0.15, 0.2) is 5.11 Å². The van der Waals surface area contributed by atoms with Crippen LogP contribution in [0.5, 0.6) is 0 Å². The van der Waals surface area contributed by atoms with Crippen molar-refractivity contribution in [1.29, 1.82) is 0 Å². The number of hydrogen-bond donors (Lipinski definition) is 2. The molecule has 0 spiro atoms. The first kappa shape index (κ1) is 19.4. The first-order chi connectivity index (χ1) is 12.0. The van der Waals surface area contributed by atoms with Gasteiger partial charge in [0.05, 0.1) is 0 Å². The van der Waals surface area contributed by atoms with Gasteiger partial charge in [0.2, 0.25) is 5.91 Å². The van der Waals surface area contributed by atoms with Crippen LogP contribution in [0.1, 0.15) is 55.3 Å². The third-order valence-electron chi connectivity index (χ3n) is 4.55. The van der Waals surface area contributed by atoms with Crippen LogP contribution in [0.2, 0.25) is 0 Å². The molecule has 2 amide bonds. The molecule has 2 N–H and O–H groups in total. The van der Waals surface area contributed by atoms with Crippen LogP contribution in [0.15, 0.2) is 24.3 Å². The molecule has 0 radical (unpaired) electrons. The zero-order valence-electron chi connectivity index (χ0n) is 15.0. The highest BCUT2D eigenvalue weighted by atomic mass is 32.1. The summed E-state index contributed by atoms with van der Waals surface area (Å²) in [5, 5.41) is 6.00. The van der Waals surface area contributed by atoms with Gasteiger partial charge in [-0.3, -0.25) is 9.59 Å². The Morgan fingerprint density at radius 2 is 1.76 bits per heavy atom. The summed E-state index contributed by atoms with van der Waals surface area (Å²) >= 11 is 5.19. The highest BCUT2D eigenvalue weighted by Crippen LogP contribution is 2.27. The van der Waals surface area contributed by atoms with Crippen molar-refractivity contribution < 1.29 is 9.59 Å². The maximum absolute atomic E-state index is 12.0. The highest BCUT2D eigenvalue weighted by molar-refractivity contribution is 7.80. The second-order valence-corrected chi connectivity index (χ2v) is 7.23. The number of nitrogens with zero attached hydrogens (tertiary/aromatic N) is 1. The number of carbonyl (C=O) groups is 2. The van der Waals surface area contributed by atoms with Crippen molar-refractivity contribution in [1.82, 2.24) is 10.2 Å². The van der Waals surface area contributed by atoms with E-state index in [2.05, 4.69) is 10.6 Å². The zero-order chi connectivity index (χ0) is 18.2. The van der Waals surface area contributed by atoms with Crippen molar-refractivity contribution in [3.8, 4) is 0 Å². The van der Waals surface area contributed by atoms with Crippen LogP contribution < -0.4 is 10.6 Å². The van der Waals surface area contributed by atoms with Gasteiger partial charge in [0.1, 0.15) is 0 Å². The molecule has 0 heterocycles. The minimum absolute atomic E-state index is 0.0394. The number of carbonyl (C=O) groups excluding carboxylic acids is 2. The molecule has 6 heteroatoms. The van der Waals surface area contributed by atoms with Crippen LogP contribution >= 0.6 is 12.2 Å². The van der Waals surface area contributed by atoms with E-state index in [0.717, 1.165) is 12.1 Å². The molecule has 5 nitrogen and oxygen atoms in total. The lowest BCUT2D eigenvalue weighted by Gasteiger charge is -2.21. The lowest BCUT2D eigenvalue weighted by atomic mass is 9.86. The standard InChI is InChI=1S/C19H27N3O2S/c1-22(2)18(24)15-9-11-16(12-10-15)20-19(25)21-17(23)13-8-14-6-4-3-5-7-14/h9-12,14H,3-8,13H2,1-2H3,(H2,20,21,23,25). The lowest BCUT2D eigenvalue weighted by molar-refractivity contribution is -0.120. The van der Waals surface area contributed by atoms with Crippen LogP contribution in [-0.2, 0) is 4.79 Å². The Labute approximate surface area is 155 Å². The number of rotatable bonds is 5. The van der Waals surface area contributed by atoms with E-state index >= 15 is 0 Å². The Balaban J connectivity index is 1.75. The molecule has 1 aliphatic carbocycles. The van der Waals surface area contributed by atoms with Crippen molar-refractivity contribution in [2.45, 2.75) is 44.9 Å². The summed E-state index contributed by atoms with van der Waals surface area (Å²) in [5.74, 6) is 0.593. The van der Waals surface area contributed by atoms with E-state index in [0.29, 0.717) is 23.0 Å². The second-order valence-electron chi connectivity index (χ2n) is 6.82. The Morgan fingerprint density at radius 1 is 1.12 bits per heavy atom. The number of thiocarbonyl (C=S) groups is 1. The van der Waals surface area contributed by atoms with Gasteiger partial charge in [-0.25, -0.2) is 0 Å². The largest absolute Gasteiger partial charge is 0.345 e.